The van der Waals surface area contributed by atoms with Crippen LogP contribution in [0.1, 0.15) is 57.2 Å². The summed E-state index contributed by atoms with van der Waals surface area (Å²) in [5.41, 5.74) is 3.76. The van der Waals surface area contributed by atoms with E-state index in [0.717, 1.165) is 21.2 Å². The number of rotatable bonds is 10. The van der Waals surface area contributed by atoms with Crippen LogP contribution in [0.3, 0.4) is 0 Å². The summed E-state index contributed by atoms with van der Waals surface area (Å²) in [6.07, 6.45) is 0. The van der Waals surface area contributed by atoms with Crippen molar-refractivity contribution in [3.8, 4) is 5.75 Å². The van der Waals surface area contributed by atoms with Gasteiger partial charge >= 0.3 is 0 Å². The molecular weight excluding hydrogens is 484 g/mol. The van der Waals surface area contributed by atoms with Crippen molar-refractivity contribution in [3.05, 3.63) is 89.5 Å². The lowest BCUT2D eigenvalue weighted by atomic mass is 9.87. The molecule has 6 nitrogen and oxygen atoms in total. The molecule has 7 heteroatoms. The van der Waals surface area contributed by atoms with Crippen LogP contribution in [0.15, 0.2) is 77.7 Å². The zero-order valence-electron chi connectivity index (χ0n) is 22.6. The van der Waals surface area contributed by atoms with Gasteiger partial charge < -0.3 is 10.1 Å². The first-order valence-electron chi connectivity index (χ1n) is 12.6. The highest BCUT2D eigenvalue weighted by atomic mass is 32.2. The lowest BCUT2D eigenvalue weighted by molar-refractivity contribution is -0.119. The molecule has 0 bridgehead atoms. The van der Waals surface area contributed by atoms with Crippen LogP contribution < -0.4 is 14.4 Å². The molecular formula is C30H38N2O4S. The highest BCUT2D eigenvalue weighted by molar-refractivity contribution is 7.92. The Morgan fingerprint density at radius 1 is 0.919 bits per heavy atom. The molecule has 1 amide bonds. The minimum Gasteiger partial charge on any atom is -0.492 e. The van der Waals surface area contributed by atoms with E-state index in [2.05, 4.69) is 39.9 Å². The Morgan fingerprint density at radius 3 is 2.05 bits per heavy atom. The number of carbonyl (C=O) groups is 1. The summed E-state index contributed by atoms with van der Waals surface area (Å²) in [6, 6.07) is 21.8. The Labute approximate surface area is 221 Å². The summed E-state index contributed by atoms with van der Waals surface area (Å²) >= 11 is 0. The molecule has 0 spiro atoms. The number of nitrogens with zero attached hydrogens (tertiary/aromatic N) is 1. The third kappa shape index (κ3) is 7.59. The van der Waals surface area contributed by atoms with E-state index in [-0.39, 0.29) is 30.0 Å². The molecule has 3 aromatic carbocycles. The van der Waals surface area contributed by atoms with Crippen molar-refractivity contribution >= 4 is 21.6 Å². The summed E-state index contributed by atoms with van der Waals surface area (Å²) in [4.78, 5) is 13.0. The molecule has 0 atom stereocenters. The van der Waals surface area contributed by atoms with E-state index >= 15 is 0 Å². The number of sulfonamides is 1. The Bertz CT molecular complexity index is 1280. The van der Waals surface area contributed by atoms with Gasteiger partial charge in [0.25, 0.3) is 10.0 Å². The summed E-state index contributed by atoms with van der Waals surface area (Å²) in [5, 5.41) is 2.78. The second-order valence-electron chi connectivity index (χ2n) is 10.5. The van der Waals surface area contributed by atoms with Crippen molar-refractivity contribution in [2.45, 2.75) is 57.8 Å². The molecule has 0 fully saturated rings. The second kappa shape index (κ2) is 11.8. The van der Waals surface area contributed by atoms with Gasteiger partial charge in [-0.15, -0.1) is 0 Å². The summed E-state index contributed by atoms with van der Waals surface area (Å²) in [7, 11) is -3.95. The molecule has 0 aliphatic rings. The summed E-state index contributed by atoms with van der Waals surface area (Å²) in [6.45, 7) is 12.7. The molecule has 0 heterocycles. The Balaban J connectivity index is 1.68. The van der Waals surface area contributed by atoms with Crippen molar-refractivity contribution in [2.75, 3.05) is 24.0 Å². The van der Waals surface area contributed by atoms with Crippen LogP contribution in [0.25, 0.3) is 0 Å². The Kier molecular flexibility index (Phi) is 9.02. The first kappa shape index (κ1) is 28.3. The first-order chi connectivity index (χ1) is 17.4. The van der Waals surface area contributed by atoms with Crippen LogP contribution in [0.5, 0.6) is 5.75 Å². The summed E-state index contributed by atoms with van der Waals surface area (Å²) in [5.74, 6) is 0.621. The first-order valence-corrected chi connectivity index (χ1v) is 14.0. The van der Waals surface area contributed by atoms with E-state index < -0.39 is 15.9 Å². The quantitative estimate of drug-likeness (QED) is 0.341. The largest absolute Gasteiger partial charge is 0.492 e. The van der Waals surface area contributed by atoms with E-state index in [1.807, 2.05) is 43.3 Å². The van der Waals surface area contributed by atoms with E-state index in [9.17, 15) is 13.2 Å². The molecule has 37 heavy (non-hydrogen) atoms. The van der Waals surface area contributed by atoms with E-state index in [4.69, 9.17) is 4.74 Å². The molecule has 3 aromatic rings. The topological polar surface area (TPSA) is 75.7 Å². The van der Waals surface area contributed by atoms with Gasteiger partial charge in [-0.2, -0.15) is 0 Å². The molecule has 198 valence electrons. The van der Waals surface area contributed by atoms with Gasteiger partial charge in [0.2, 0.25) is 5.91 Å². The van der Waals surface area contributed by atoms with Crippen LogP contribution in [-0.4, -0.2) is 34.0 Å². The van der Waals surface area contributed by atoms with E-state index in [1.54, 1.807) is 36.4 Å². The fraction of sp³-hybridized carbons (Fsp3) is 0.367. The number of aryl methyl sites for hydroxylation is 1. The molecule has 0 radical (unpaired) electrons. The number of carbonyl (C=O) groups excluding carboxylic acids is 1. The van der Waals surface area contributed by atoms with Crippen molar-refractivity contribution in [1.29, 1.82) is 0 Å². The average molecular weight is 523 g/mol. The van der Waals surface area contributed by atoms with Crippen molar-refractivity contribution < 1.29 is 17.9 Å². The van der Waals surface area contributed by atoms with Crippen molar-refractivity contribution in [1.82, 2.24) is 5.32 Å². The van der Waals surface area contributed by atoms with Crippen LogP contribution in [0.4, 0.5) is 5.69 Å². The monoisotopic (exact) mass is 522 g/mol. The fourth-order valence-corrected chi connectivity index (χ4v) is 5.20. The predicted octanol–water partition coefficient (Wildman–Crippen LogP) is 5.81. The van der Waals surface area contributed by atoms with E-state index in [1.165, 1.54) is 5.56 Å². The maximum Gasteiger partial charge on any atom is 0.264 e. The Morgan fingerprint density at radius 2 is 1.51 bits per heavy atom. The van der Waals surface area contributed by atoms with Gasteiger partial charge in [-0.3, -0.25) is 9.10 Å². The number of benzene rings is 3. The third-order valence-electron chi connectivity index (χ3n) is 6.16. The number of amides is 1. The highest BCUT2D eigenvalue weighted by Crippen LogP contribution is 2.26. The van der Waals surface area contributed by atoms with Crippen molar-refractivity contribution in [3.63, 3.8) is 0 Å². The lowest BCUT2D eigenvalue weighted by Gasteiger charge is -2.24. The average Bonchev–Trinajstić information content (AvgIpc) is 2.85. The zero-order chi connectivity index (χ0) is 27.2. The molecule has 1 N–H and O–H groups in total. The fourth-order valence-electron chi connectivity index (χ4n) is 3.77. The van der Waals surface area contributed by atoms with Gasteiger partial charge in [-0.1, -0.05) is 76.6 Å². The maximum absolute atomic E-state index is 13.5. The highest BCUT2D eigenvalue weighted by Gasteiger charge is 2.27. The summed E-state index contributed by atoms with van der Waals surface area (Å²) < 4.78 is 34.0. The molecule has 0 unspecified atom stereocenters. The SMILES string of the molecule is Cc1ccc(S(=O)(=O)N(CC(=O)NCCOc2ccc(C(C)(C)C)cc2)c2ccc(C(C)C)cc2)cc1. The van der Waals surface area contributed by atoms with E-state index in [0.29, 0.717) is 11.6 Å². The lowest BCUT2D eigenvalue weighted by Crippen LogP contribution is -2.41. The van der Waals surface area contributed by atoms with Gasteiger partial charge in [0.15, 0.2) is 0 Å². The van der Waals surface area contributed by atoms with Gasteiger partial charge in [0.05, 0.1) is 17.1 Å². The van der Waals surface area contributed by atoms with Crippen LogP contribution in [-0.2, 0) is 20.2 Å². The molecule has 0 saturated heterocycles. The van der Waals surface area contributed by atoms with Gasteiger partial charge in [0, 0.05) is 0 Å². The number of hydrogen-bond acceptors (Lipinski definition) is 4. The number of ether oxygens (including phenoxy) is 1. The maximum atomic E-state index is 13.5. The minimum absolute atomic E-state index is 0.0619. The predicted molar refractivity (Wildman–Crippen MR) is 150 cm³/mol. The Hall–Kier alpha value is -3.32. The third-order valence-corrected chi connectivity index (χ3v) is 7.95. The zero-order valence-corrected chi connectivity index (χ0v) is 23.4. The molecule has 0 aliphatic heterocycles. The van der Waals surface area contributed by atoms with Crippen LogP contribution >= 0.6 is 0 Å². The van der Waals surface area contributed by atoms with Crippen molar-refractivity contribution in [2.24, 2.45) is 0 Å². The number of anilines is 1. The number of nitrogens with one attached hydrogen (secondary N) is 1. The molecule has 0 aliphatic carbocycles. The molecule has 0 aromatic heterocycles. The smallest absolute Gasteiger partial charge is 0.264 e. The van der Waals surface area contributed by atoms with Gasteiger partial charge in [0.1, 0.15) is 18.9 Å². The standard InChI is InChI=1S/C30H38N2O4S/c1-22(2)24-9-13-26(14-10-24)32(37(34,35)28-17-7-23(3)8-18-28)21-29(33)31-19-20-36-27-15-11-25(12-16-27)30(4,5)6/h7-18,22H,19-21H2,1-6H3,(H,31,33). The second-order valence-corrected chi connectivity index (χ2v) is 12.4. The van der Waals surface area contributed by atoms with Crippen LogP contribution in [0.2, 0.25) is 0 Å². The minimum atomic E-state index is -3.95. The number of hydrogen-bond donors (Lipinski definition) is 1. The van der Waals surface area contributed by atoms with Gasteiger partial charge in [-0.25, -0.2) is 8.42 Å². The van der Waals surface area contributed by atoms with Crippen LogP contribution in [0, 0.1) is 6.92 Å². The molecule has 0 saturated carbocycles. The molecule has 3 rings (SSSR count). The van der Waals surface area contributed by atoms with Gasteiger partial charge in [-0.05, 0) is 65.8 Å². The normalized spacial score (nSPS) is 11.9.